The number of nitrogens with zero attached hydrogens (tertiary/aromatic N) is 1. The van der Waals surface area contributed by atoms with E-state index in [2.05, 4.69) is 10.0 Å². The normalized spacial score (nSPS) is 15.5. The van der Waals surface area contributed by atoms with Gasteiger partial charge in [0, 0.05) is 6.04 Å². The van der Waals surface area contributed by atoms with Gasteiger partial charge in [0.1, 0.15) is 17.6 Å². The molecule has 3 rings (SSSR count). The van der Waals surface area contributed by atoms with Gasteiger partial charge in [-0.05, 0) is 55.2 Å². The summed E-state index contributed by atoms with van der Waals surface area (Å²) in [4.78, 5) is 27.8. The average Bonchev–Trinajstić information content (AvgIpc) is 3.48. The van der Waals surface area contributed by atoms with E-state index in [1.54, 1.807) is 17.0 Å². The van der Waals surface area contributed by atoms with E-state index in [0.717, 1.165) is 49.9 Å². The number of carbonyl (C=O) groups is 2. The fraction of sp³-hybridized carbons (Fsp3) is 0.478. The zero-order valence-corrected chi connectivity index (χ0v) is 19.6. The third-order valence-electron chi connectivity index (χ3n) is 5.76. The van der Waals surface area contributed by atoms with Crippen LogP contribution in [0.2, 0.25) is 0 Å². The predicted molar refractivity (Wildman–Crippen MR) is 120 cm³/mol. The molecule has 0 radical (unpaired) electrons. The molecule has 1 saturated carbocycles. The van der Waals surface area contributed by atoms with Gasteiger partial charge in [0.2, 0.25) is 21.8 Å². The first-order chi connectivity index (χ1) is 15.7. The summed E-state index contributed by atoms with van der Waals surface area (Å²) in [5, 5.41) is 2.83. The molecule has 0 spiro atoms. The van der Waals surface area contributed by atoms with E-state index in [4.69, 9.17) is 4.42 Å². The van der Waals surface area contributed by atoms with Gasteiger partial charge in [-0.2, -0.15) is 0 Å². The van der Waals surface area contributed by atoms with Gasteiger partial charge in [-0.25, -0.2) is 17.5 Å². The van der Waals surface area contributed by atoms with Gasteiger partial charge in [-0.3, -0.25) is 9.59 Å². The maximum Gasteiger partial charge on any atom is 0.243 e. The van der Waals surface area contributed by atoms with Gasteiger partial charge in [0.15, 0.2) is 0 Å². The van der Waals surface area contributed by atoms with Crippen molar-refractivity contribution in [3.63, 3.8) is 0 Å². The Kier molecular flexibility index (Phi) is 8.25. The quantitative estimate of drug-likeness (QED) is 0.545. The Balaban J connectivity index is 1.75. The number of carbonyl (C=O) groups excluding carboxylic acids is 2. The van der Waals surface area contributed by atoms with E-state index in [1.165, 1.54) is 6.26 Å². The van der Waals surface area contributed by atoms with Crippen molar-refractivity contribution >= 4 is 21.8 Å². The first kappa shape index (κ1) is 24.9. The highest BCUT2D eigenvalue weighted by atomic mass is 32.2. The van der Waals surface area contributed by atoms with Crippen molar-refractivity contribution in [2.24, 2.45) is 5.92 Å². The standard InChI is InChI=1S/C23H30FN3O5S/c1-16(2)22(23(29)25-14-19-8-5-13-32-19)27(18-6-3-4-7-18)21(28)15-26-33(30,31)20-11-9-17(24)10-12-20/h5,8-13,16,18,22,26H,3-4,6-7,14-15H2,1-2H3,(H,25,29)/t22-/m1/s1. The molecule has 1 aromatic heterocycles. The Morgan fingerprint density at radius 1 is 1.15 bits per heavy atom. The summed E-state index contributed by atoms with van der Waals surface area (Å²) in [5.41, 5.74) is 0. The van der Waals surface area contributed by atoms with Crippen molar-refractivity contribution in [1.29, 1.82) is 0 Å². The second-order valence-electron chi connectivity index (χ2n) is 8.50. The van der Waals surface area contributed by atoms with Crippen LogP contribution in [0.1, 0.15) is 45.3 Å². The molecule has 0 saturated heterocycles. The van der Waals surface area contributed by atoms with Crippen LogP contribution in [0.3, 0.4) is 0 Å². The monoisotopic (exact) mass is 479 g/mol. The number of halogens is 1. The Morgan fingerprint density at radius 2 is 1.82 bits per heavy atom. The molecule has 8 nitrogen and oxygen atoms in total. The zero-order chi connectivity index (χ0) is 24.0. The number of sulfonamides is 1. The molecule has 10 heteroatoms. The zero-order valence-electron chi connectivity index (χ0n) is 18.8. The Morgan fingerprint density at radius 3 is 2.39 bits per heavy atom. The lowest BCUT2D eigenvalue weighted by Gasteiger charge is -2.38. The van der Waals surface area contributed by atoms with Crippen LogP contribution in [0.25, 0.3) is 0 Å². The number of hydrogen-bond acceptors (Lipinski definition) is 5. The number of furan rings is 1. The first-order valence-electron chi connectivity index (χ1n) is 11.1. The largest absolute Gasteiger partial charge is 0.467 e. The first-order valence-corrected chi connectivity index (χ1v) is 12.5. The molecule has 33 heavy (non-hydrogen) atoms. The predicted octanol–water partition coefficient (Wildman–Crippen LogP) is 2.81. The molecule has 1 aliphatic carbocycles. The van der Waals surface area contributed by atoms with Gasteiger partial charge in [0.25, 0.3) is 0 Å². The fourth-order valence-electron chi connectivity index (χ4n) is 4.16. The second kappa shape index (κ2) is 10.9. The molecule has 1 fully saturated rings. The van der Waals surface area contributed by atoms with E-state index >= 15 is 0 Å². The summed E-state index contributed by atoms with van der Waals surface area (Å²) < 4.78 is 45.8. The lowest BCUT2D eigenvalue weighted by Crippen LogP contribution is -2.57. The maximum atomic E-state index is 13.3. The highest BCUT2D eigenvalue weighted by Crippen LogP contribution is 2.28. The minimum absolute atomic E-state index is 0.138. The SMILES string of the molecule is CC(C)[C@H](C(=O)NCc1ccco1)N(C(=O)CNS(=O)(=O)c1ccc(F)cc1)C1CCCC1. The molecular formula is C23H30FN3O5S. The van der Waals surface area contributed by atoms with Crippen molar-refractivity contribution < 1.29 is 26.8 Å². The minimum atomic E-state index is -4.01. The van der Waals surface area contributed by atoms with Crippen LogP contribution in [-0.4, -0.2) is 43.8 Å². The number of hydrogen-bond donors (Lipinski definition) is 2. The minimum Gasteiger partial charge on any atom is -0.467 e. The van der Waals surface area contributed by atoms with Crippen molar-refractivity contribution in [3.05, 3.63) is 54.2 Å². The number of nitrogens with one attached hydrogen (secondary N) is 2. The summed E-state index contributed by atoms with van der Waals surface area (Å²) in [6.07, 6.45) is 4.91. The molecule has 1 heterocycles. The van der Waals surface area contributed by atoms with Gasteiger partial charge in [-0.15, -0.1) is 0 Å². The highest BCUT2D eigenvalue weighted by Gasteiger charge is 2.38. The molecule has 1 aliphatic rings. The van der Waals surface area contributed by atoms with Crippen LogP contribution >= 0.6 is 0 Å². The average molecular weight is 480 g/mol. The molecule has 2 N–H and O–H groups in total. The maximum absolute atomic E-state index is 13.3. The fourth-order valence-corrected chi connectivity index (χ4v) is 5.13. The highest BCUT2D eigenvalue weighted by molar-refractivity contribution is 7.89. The molecule has 1 atom stereocenters. The van der Waals surface area contributed by atoms with Crippen LogP contribution in [0.5, 0.6) is 0 Å². The Bertz CT molecular complexity index is 1030. The van der Waals surface area contributed by atoms with Crippen LogP contribution in [0.15, 0.2) is 52.0 Å². The summed E-state index contributed by atoms with van der Waals surface area (Å²) in [6, 6.07) is 6.92. The van der Waals surface area contributed by atoms with Gasteiger partial charge < -0.3 is 14.6 Å². The third-order valence-corrected chi connectivity index (χ3v) is 7.18. The topological polar surface area (TPSA) is 109 Å². The third kappa shape index (κ3) is 6.42. The molecule has 1 aromatic carbocycles. The molecule has 2 amide bonds. The van der Waals surface area contributed by atoms with E-state index in [-0.39, 0.29) is 29.3 Å². The summed E-state index contributed by atoms with van der Waals surface area (Å²) >= 11 is 0. The van der Waals surface area contributed by atoms with Crippen molar-refractivity contribution in [2.75, 3.05) is 6.54 Å². The van der Waals surface area contributed by atoms with E-state index in [9.17, 15) is 22.4 Å². The number of rotatable bonds is 10. The molecule has 0 aliphatic heterocycles. The number of amides is 2. The van der Waals surface area contributed by atoms with Gasteiger partial charge >= 0.3 is 0 Å². The second-order valence-corrected chi connectivity index (χ2v) is 10.3. The number of benzene rings is 1. The van der Waals surface area contributed by atoms with E-state index in [0.29, 0.717) is 5.76 Å². The molecule has 0 unspecified atom stereocenters. The Labute approximate surface area is 193 Å². The van der Waals surface area contributed by atoms with Crippen molar-refractivity contribution in [2.45, 2.75) is 63.1 Å². The smallest absolute Gasteiger partial charge is 0.243 e. The van der Waals surface area contributed by atoms with Gasteiger partial charge in [-0.1, -0.05) is 26.7 Å². The molecule has 0 bridgehead atoms. The van der Waals surface area contributed by atoms with Gasteiger partial charge in [0.05, 0.1) is 24.2 Å². The van der Waals surface area contributed by atoms with E-state index < -0.39 is 34.3 Å². The molecule has 180 valence electrons. The van der Waals surface area contributed by atoms with Crippen LogP contribution < -0.4 is 10.0 Å². The van der Waals surface area contributed by atoms with Crippen LogP contribution in [-0.2, 0) is 26.2 Å². The van der Waals surface area contributed by atoms with Crippen LogP contribution in [0.4, 0.5) is 4.39 Å². The van der Waals surface area contributed by atoms with Crippen molar-refractivity contribution in [3.8, 4) is 0 Å². The molecular weight excluding hydrogens is 449 g/mol. The van der Waals surface area contributed by atoms with Crippen molar-refractivity contribution in [1.82, 2.24) is 14.9 Å². The van der Waals surface area contributed by atoms with E-state index in [1.807, 2.05) is 13.8 Å². The lowest BCUT2D eigenvalue weighted by molar-refractivity contribution is -0.144. The van der Waals surface area contributed by atoms with Crippen LogP contribution in [0, 0.1) is 11.7 Å². The summed E-state index contributed by atoms with van der Waals surface area (Å²) in [7, 11) is -4.01. The summed E-state index contributed by atoms with van der Waals surface area (Å²) in [6.45, 7) is 3.41. The Hall–Kier alpha value is -2.72. The molecule has 2 aromatic rings. The summed E-state index contributed by atoms with van der Waals surface area (Å²) in [5.74, 6) is -0.947. The lowest BCUT2D eigenvalue weighted by atomic mass is 9.98.